The summed E-state index contributed by atoms with van der Waals surface area (Å²) in [4.78, 5) is 26.7. The lowest BCUT2D eigenvalue weighted by atomic mass is 10.1. The normalized spacial score (nSPS) is 18.1. The predicted molar refractivity (Wildman–Crippen MR) is 101 cm³/mol. The SMILES string of the molecule is Cc1cc(C)cc(NC(=O)C2CC(=O)N(Cc3ccc4c(c3)OCO4)C2)c1. The number of aryl methyl sites for hydroxylation is 2. The molecule has 0 aromatic heterocycles. The van der Waals surface area contributed by atoms with Crippen LogP contribution in [-0.4, -0.2) is 30.1 Å². The number of amides is 2. The molecule has 0 bridgehead atoms. The van der Waals surface area contributed by atoms with Crippen LogP contribution in [0.2, 0.25) is 0 Å². The van der Waals surface area contributed by atoms with E-state index in [-0.39, 0.29) is 30.9 Å². The second-order valence-corrected chi connectivity index (χ2v) is 7.23. The number of benzene rings is 2. The van der Waals surface area contributed by atoms with Crippen LogP contribution in [0.5, 0.6) is 11.5 Å². The Morgan fingerprint density at radius 2 is 1.85 bits per heavy atom. The summed E-state index contributed by atoms with van der Waals surface area (Å²) in [5.41, 5.74) is 3.93. The third-order valence-electron chi connectivity index (χ3n) is 4.88. The maximum Gasteiger partial charge on any atom is 0.231 e. The smallest absolute Gasteiger partial charge is 0.231 e. The van der Waals surface area contributed by atoms with Crippen LogP contribution in [0.4, 0.5) is 5.69 Å². The number of hydrogen-bond acceptors (Lipinski definition) is 4. The fourth-order valence-corrected chi connectivity index (χ4v) is 3.65. The number of fused-ring (bicyclic) bond motifs is 1. The first-order chi connectivity index (χ1) is 13.0. The lowest BCUT2D eigenvalue weighted by molar-refractivity contribution is -0.128. The highest BCUT2D eigenvalue weighted by atomic mass is 16.7. The van der Waals surface area contributed by atoms with Crippen LogP contribution >= 0.6 is 0 Å². The molecule has 2 aliphatic heterocycles. The van der Waals surface area contributed by atoms with Crippen molar-refractivity contribution in [2.45, 2.75) is 26.8 Å². The van der Waals surface area contributed by atoms with E-state index in [0.717, 1.165) is 28.1 Å². The van der Waals surface area contributed by atoms with Crippen molar-refractivity contribution in [3.05, 3.63) is 53.1 Å². The summed E-state index contributed by atoms with van der Waals surface area (Å²) in [6, 6.07) is 11.6. The van der Waals surface area contributed by atoms with Crippen LogP contribution in [-0.2, 0) is 16.1 Å². The number of carbonyl (C=O) groups excluding carboxylic acids is 2. The van der Waals surface area contributed by atoms with Crippen LogP contribution in [0.1, 0.15) is 23.1 Å². The fraction of sp³-hybridized carbons (Fsp3) is 0.333. The van der Waals surface area contributed by atoms with Gasteiger partial charge >= 0.3 is 0 Å². The van der Waals surface area contributed by atoms with Gasteiger partial charge in [-0.1, -0.05) is 12.1 Å². The van der Waals surface area contributed by atoms with E-state index in [1.807, 2.05) is 44.2 Å². The fourth-order valence-electron chi connectivity index (χ4n) is 3.65. The molecule has 0 radical (unpaired) electrons. The highest BCUT2D eigenvalue weighted by Gasteiger charge is 2.34. The molecule has 6 nitrogen and oxygen atoms in total. The summed E-state index contributed by atoms with van der Waals surface area (Å²) in [5, 5.41) is 2.95. The Morgan fingerprint density at radius 3 is 2.63 bits per heavy atom. The van der Waals surface area contributed by atoms with Crippen molar-refractivity contribution < 1.29 is 19.1 Å². The monoisotopic (exact) mass is 366 g/mol. The zero-order chi connectivity index (χ0) is 19.0. The maximum absolute atomic E-state index is 12.6. The standard InChI is InChI=1S/C21H22N2O4/c1-13-5-14(2)7-17(6-13)22-21(25)16-9-20(24)23(11-16)10-15-3-4-18-19(8-15)27-12-26-18/h3-8,16H,9-12H2,1-2H3,(H,22,25). The zero-order valence-electron chi connectivity index (χ0n) is 15.5. The van der Waals surface area contributed by atoms with Crippen LogP contribution < -0.4 is 14.8 Å². The van der Waals surface area contributed by atoms with Gasteiger partial charge in [0.05, 0.1) is 5.92 Å². The van der Waals surface area contributed by atoms with E-state index < -0.39 is 0 Å². The van der Waals surface area contributed by atoms with E-state index in [0.29, 0.717) is 18.8 Å². The number of anilines is 1. The van der Waals surface area contributed by atoms with E-state index in [4.69, 9.17) is 9.47 Å². The molecule has 2 heterocycles. The van der Waals surface area contributed by atoms with Gasteiger partial charge in [0.1, 0.15) is 0 Å². The lowest BCUT2D eigenvalue weighted by Gasteiger charge is -2.17. The molecule has 0 aliphatic carbocycles. The van der Waals surface area contributed by atoms with Crippen LogP contribution in [0, 0.1) is 19.8 Å². The summed E-state index contributed by atoms with van der Waals surface area (Å²) in [6.07, 6.45) is 0.237. The molecule has 2 aromatic carbocycles. The second kappa shape index (κ2) is 6.95. The summed E-state index contributed by atoms with van der Waals surface area (Å²) >= 11 is 0. The van der Waals surface area contributed by atoms with Gasteiger partial charge in [-0.05, 0) is 54.8 Å². The molecule has 2 amide bonds. The first kappa shape index (κ1) is 17.4. The largest absolute Gasteiger partial charge is 0.454 e. The van der Waals surface area contributed by atoms with Crippen molar-refractivity contribution in [1.29, 1.82) is 0 Å². The summed E-state index contributed by atoms with van der Waals surface area (Å²) < 4.78 is 10.7. The van der Waals surface area contributed by atoms with Gasteiger partial charge in [-0.3, -0.25) is 9.59 Å². The minimum Gasteiger partial charge on any atom is -0.454 e. The number of nitrogens with zero attached hydrogens (tertiary/aromatic N) is 1. The molecule has 1 N–H and O–H groups in total. The third kappa shape index (κ3) is 3.74. The number of likely N-dealkylation sites (tertiary alicyclic amines) is 1. The molecule has 1 saturated heterocycles. The molecule has 4 rings (SSSR count). The Bertz CT molecular complexity index is 889. The van der Waals surface area contributed by atoms with Gasteiger partial charge in [0.25, 0.3) is 0 Å². The molecule has 2 aliphatic rings. The third-order valence-corrected chi connectivity index (χ3v) is 4.88. The molecule has 1 atom stereocenters. The Kier molecular flexibility index (Phi) is 4.48. The summed E-state index contributed by atoms with van der Waals surface area (Å²) in [7, 11) is 0. The topological polar surface area (TPSA) is 67.9 Å². The molecule has 0 spiro atoms. The molecule has 0 saturated carbocycles. The molecular formula is C21H22N2O4. The first-order valence-corrected chi connectivity index (χ1v) is 9.03. The van der Waals surface area contributed by atoms with Gasteiger partial charge < -0.3 is 19.7 Å². The van der Waals surface area contributed by atoms with Crippen molar-refractivity contribution in [3.63, 3.8) is 0 Å². The minimum atomic E-state index is -0.340. The lowest BCUT2D eigenvalue weighted by Crippen LogP contribution is -2.28. The molecule has 140 valence electrons. The Hall–Kier alpha value is -3.02. The molecule has 27 heavy (non-hydrogen) atoms. The summed E-state index contributed by atoms with van der Waals surface area (Å²) in [6.45, 7) is 5.10. The number of nitrogens with one attached hydrogen (secondary N) is 1. The summed E-state index contributed by atoms with van der Waals surface area (Å²) in [5.74, 6) is 0.961. The average Bonchev–Trinajstić information content (AvgIpc) is 3.20. The van der Waals surface area contributed by atoms with Gasteiger partial charge in [-0.25, -0.2) is 0 Å². The van der Waals surface area contributed by atoms with Crippen molar-refractivity contribution in [2.75, 3.05) is 18.7 Å². The van der Waals surface area contributed by atoms with E-state index >= 15 is 0 Å². The van der Waals surface area contributed by atoms with Crippen molar-refractivity contribution in [2.24, 2.45) is 5.92 Å². The van der Waals surface area contributed by atoms with Gasteiger partial charge in [-0.2, -0.15) is 0 Å². The molecule has 1 unspecified atom stereocenters. The van der Waals surface area contributed by atoms with E-state index in [1.54, 1.807) is 4.90 Å². The zero-order valence-corrected chi connectivity index (χ0v) is 15.5. The second-order valence-electron chi connectivity index (χ2n) is 7.23. The maximum atomic E-state index is 12.6. The van der Waals surface area contributed by atoms with Gasteiger partial charge in [0, 0.05) is 25.2 Å². The highest BCUT2D eigenvalue weighted by Crippen LogP contribution is 2.33. The quantitative estimate of drug-likeness (QED) is 0.903. The number of ether oxygens (including phenoxy) is 2. The van der Waals surface area contributed by atoms with E-state index in [2.05, 4.69) is 11.4 Å². The van der Waals surface area contributed by atoms with Gasteiger partial charge in [0.15, 0.2) is 11.5 Å². The van der Waals surface area contributed by atoms with E-state index in [9.17, 15) is 9.59 Å². The average molecular weight is 366 g/mol. The number of carbonyl (C=O) groups is 2. The van der Waals surface area contributed by atoms with Gasteiger partial charge in [0.2, 0.25) is 18.6 Å². The Morgan fingerprint density at radius 1 is 1.11 bits per heavy atom. The number of hydrogen-bond donors (Lipinski definition) is 1. The Labute approximate surface area is 158 Å². The molecular weight excluding hydrogens is 344 g/mol. The number of rotatable bonds is 4. The minimum absolute atomic E-state index is 0.00626. The van der Waals surface area contributed by atoms with Crippen molar-refractivity contribution in [1.82, 2.24) is 4.90 Å². The Balaban J connectivity index is 1.40. The molecule has 1 fully saturated rings. The highest BCUT2D eigenvalue weighted by molar-refractivity contribution is 5.97. The van der Waals surface area contributed by atoms with Gasteiger partial charge in [-0.15, -0.1) is 0 Å². The van der Waals surface area contributed by atoms with Crippen LogP contribution in [0.15, 0.2) is 36.4 Å². The first-order valence-electron chi connectivity index (χ1n) is 9.03. The molecule has 2 aromatic rings. The van der Waals surface area contributed by atoms with Crippen molar-refractivity contribution in [3.8, 4) is 11.5 Å². The van der Waals surface area contributed by atoms with Crippen LogP contribution in [0.25, 0.3) is 0 Å². The predicted octanol–water partition coefficient (Wildman–Crippen LogP) is 3.02. The van der Waals surface area contributed by atoms with Crippen molar-refractivity contribution >= 4 is 17.5 Å². The van der Waals surface area contributed by atoms with E-state index in [1.165, 1.54) is 0 Å². The molecule has 6 heteroatoms. The van der Waals surface area contributed by atoms with Crippen LogP contribution in [0.3, 0.4) is 0 Å².